The minimum Gasteiger partial charge on any atom is -0.339 e. The highest BCUT2D eigenvalue weighted by molar-refractivity contribution is 7.99. The molecule has 1 aromatic carbocycles. The highest BCUT2D eigenvalue weighted by Crippen LogP contribution is 2.22. The Bertz CT molecular complexity index is 588. The first-order valence-electron chi connectivity index (χ1n) is 6.73. The van der Waals surface area contributed by atoms with Gasteiger partial charge in [0.1, 0.15) is 0 Å². The van der Waals surface area contributed by atoms with Crippen molar-refractivity contribution in [3.8, 4) is 0 Å². The van der Waals surface area contributed by atoms with Crippen LogP contribution in [-0.4, -0.2) is 37.8 Å². The summed E-state index contributed by atoms with van der Waals surface area (Å²) in [6.07, 6.45) is 0.480. The van der Waals surface area contributed by atoms with Gasteiger partial charge in [-0.3, -0.25) is 4.79 Å². The summed E-state index contributed by atoms with van der Waals surface area (Å²) in [5.41, 5.74) is 0.750. The van der Waals surface area contributed by atoms with E-state index in [0.29, 0.717) is 6.42 Å². The third kappa shape index (κ3) is 5.33. The largest absolute Gasteiger partial charge is 0.339 e. The number of rotatable bonds is 7. The van der Waals surface area contributed by atoms with Crippen LogP contribution in [0.4, 0.5) is 0 Å². The zero-order valence-electron chi connectivity index (χ0n) is 12.6. The number of hydrogen-bond acceptors (Lipinski definition) is 4. The van der Waals surface area contributed by atoms with Crippen LogP contribution in [-0.2, 0) is 14.8 Å². The minimum absolute atomic E-state index is 0.0458. The molecule has 0 heterocycles. The number of nitrogens with zero attached hydrogens (tertiary/aromatic N) is 1. The predicted octanol–water partition coefficient (Wildman–Crippen LogP) is 2.00. The van der Waals surface area contributed by atoms with E-state index in [1.54, 1.807) is 35.8 Å². The molecule has 1 rings (SSSR count). The Morgan fingerprint density at radius 1 is 1.43 bits per heavy atom. The van der Waals surface area contributed by atoms with Gasteiger partial charge in [-0.05, 0) is 30.4 Å². The molecule has 0 aliphatic rings. The number of thioether (sulfide) groups is 1. The smallest absolute Gasteiger partial charge is 0.238 e. The molecule has 0 fully saturated rings. The second-order valence-electron chi connectivity index (χ2n) is 4.75. The number of amides is 1. The number of hydrogen-bond donors (Lipinski definition) is 1. The predicted molar refractivity (Wildman–Crippen MR) is 86.6 cm³/mol. The molecule has 7 heteroatoms. The van der Waals surface area contributed by atoms with Crippen LogP contribution in [0.15, 0.2) is 29.2 Å². The van der Waals surface area contributed by atoms with Crippen molar-refractivity contribution in [1.82, 2.24) is 4.90 Å². The maximum absolute atomic E-state index is 12.1. The second kappa shape index (κ2) is 7.82. The fraction of sp³-hybridized carbons (Fsp3) is 0.500. The third-order valence-electron chi connectivity index (χ3n) is 3.31. The molecule has 0 aromatic heterocycles. The number of nitrogens with two attached hydrogens (primary N) is 1. The van der Waals surface area contributed by atoms with Gasteiger partial charge in [0.15, 0.2) is 0 Å². The maximum Gasteiger partial charge on any atom is 0.238 e. The molecule has 1 unspecified atom stereocenters. The second-order valence-corrected chi connectivity index (χ2v) is 7.70. The molecule has 118 valence electrons. The van der Waals surface area contributed by atoms with Crippen LogP contribution in [0.2, 0.25) is 0 Å². The molecule has 0 spiro atoms. The van der Waals surface area contributed by atoms with Gasteiger partial charge in [0.25, 0.3) is 0 Å². The van der Waals surface area contributed by atoms with Crippen LogP contribution in [0.5, 0.6) is 0 Å². The summed E-state index contributed by atoms with van der Waals surface area (Å²) in [4.78, 5) is 13.8. The molecule has 0 bridgehead atoms. The lowest BCUT2D eigenvalue weighted by atomic mass is 10.1. The first-order chi connectivity index (χ1) is 9.77. The zero-order chi connectivity index (χ0) is 16.0. The van der Waals surface area contributed by atoms with E-state index in [0.717, 1.165) is 17.1 Å². The highest BCUT2D eigenvalue weighted by Gasteiger charge is 2.18. The Labute approximate surface area is 130 Å². The fourth-order valence-electron chi connectivity index (χ4n) is 1.87. The van der Waals surface area contributed by atoms with Gasteiger partial charge < -0.3 is 4.90 Å². The Hall–Kier alpha value is -1.05. The molecule has 0 radical (unpaired) electrons. The van der Waals surface area contributed by atoms with Crippen LogP contribution < -0.4 is 5.14 Å². The van der Waals surface area contributed by atoms with Gasteiger partial charge in [-0.2, -0.15) is 11.8 Å². The highest BCUT2D eigenvalue weighted by atomic mass is 32.2. The van der Waals surface area contributed by atoms with Gasteiger partial charge in [-0.15, -0.1) is 0 Å². The van der Waals surface area contributed by atoms with Gasteiger partial charge in [0.05, 0.1) is 10.9 Å². The van der Waals surface area contributed by atoms with Crippen molar-refractivity contribution in [2.75, 3.05) is 18.6 Å². The Balaban J connectivity index is 2.83. The zero-order valence-corrected chi connectivity index (χ0v) is 14.2. The standard InChI is InChI=1S/C14H22N2O3S2/c1-4-20-9-8-14(17)16(3)11(2)12-6-5-7-13(10-12)21(15,18)19/h5-7,10-11H,4,8-9H2,1-3H3,(H2,15,18,19). The van der Waals surface area contributed by atoms with Crippen molar-refractivity contribution in [1.29, 1.82) is 0 Å². The lowest BCUT2D eigenvalue weighted by Gasteiger charge is -2.25. The molecule has 1 amide bonds. The summed E-state index contributed by atoms with van der Waals surface area (Å²) in [6, 6.07) is 6.20. The maximum atomic E-state index is 12.1. The topological polar surface area (TPSA) is 80.5 Å². The van der Waals surface area contributed by atoms with Crippen LogP contribution in [0.25, 0.3) is 0 Å². The van der Waals surface area contributed by atoms with Crippen molar-refractivity contribution >= 4 is 27.7 Å². The lowest BCUT2D eigenvalue weighted by Crippen LogP contribution is -2.30. The summed E-state index contributed by atoms with van der Waals surface area (Å²) in [7, 11) is -2.00. The summed E-state index contributed by atoms with van der Waals surface area (Å²) in [6.45, 7) is 3.92. The Morgan fingerprint density at radius 2 is 2.10 bits per heavy atom. The number of sulfonamides is 1. The molecule has 2 N–H and O–H groups in total. The van der Waals surface area contributed by atoms with E-state index in [1.807, 2.05) is 6.92 Å². The normalized spacial score (nSPS) is 13.0. The van der Waals surface area contributed by atoms with Crippen LogP contribution in [0.3, 0.4) is 0 Å². The molecule has 0 saturated carbocycles. The van der Waals surface area contributed by atoms with Gasteiger partial charge in [0, 0.05) is 19.2 Å². The number of primary sulfonamides is 1. The average molecular weight is 330 g/mol. The minimum atomic E-state index is -3.73. The monoisotopic (exact) mass is 330 g/mol. The first-order valence-corrected chi connectivity index (χ1v) is 9.43. The van der Waals surface area contributed by atoms with Crippen LogP contribution in [0.1, 0.15) is 31.9 Å². The Kier molecular flexibility index (Phi) is 6.70. The fourth-order valence-corrected chi connectivity index (χ4v) is 3.05. The molecule has 1 atom stereocenters. The van der Waals surface area contributed by atoms with Gasteiger partial charge in [-0.25, -0.2) is 13.6 Å². The van der Waals surface area contributed by atoms with E-state index in [9.17, 15) is 13.2 Å². The van der Waals surface area contributed by atoms with Crippen molar-refractivity contribution in [3.63, 3.8) is 0 Å². The van der Waals surface area contributed by atoms with E-state index in [-0.39, 0.29) is 16.8 Å². The molecular formula is C14H22N2O3S2. The van der Waals surface area contributed by atoms with Gasteiger partial charge >= 0.3 is 0 Å². The van der Waals surface area contributed by atoms with Gasteiger partial charge in [-0.1, -0.05) is 19.1 Å². The van der Waals surface area contributed by atoms with E-state index in [1.165, 1.54) is 12.1 Å². The van der Waals surface area contributed by atoms with E-state index in [2.05, 4.69) is 6.92 Å². The molecular weight excluding hydrogens is 308 g/mol. The van der Waals surface area contributed by atoms with Crippen molar-refractivity contribution in [2.24, 2.45) is 5.14 Å². The molecule has 1 aromatic rings. The van der Waals surface area contributed by atoms with E-state index >= 15 is 0 Å². The SMILES string of the molecule is CCSCCC(=O)N(C)C(C)c1cccc(S(N)(=O)=O)c1. The lowest BCUT2D eigenvalue weighted by molar-refractivity contribution is -0.131. The molecule has 0 aliphatic heterocycles. The molecule has 0 aliphatic carbocycles. The van der Waals surface area contributed by atoms with E-state index < -0.39 is 10.0 Å². The third-order valence-corrected chi connectivity index (χ3v) is 5.12. The molecule has 5 nitrogen and oxygen atoms in total. The number of carbonyl (C=O) groups excluding carboxylic acids is 1. The number of carbonyl (C=O) groups is 1. The van der Waals surface area contributed by atoms with Crippen molar-refractivity contribution in [3.05, 3.63) is 29.8 Å². The average Bonchev–Trinajstić information content (AvgIpc) is 2.45. The summed E-state index contributed by atoms with van der Waals surface area (Å²) < 4.78 is 22.8. The summed E-state index contributed by atoms with van der Waals surface area (Å²) in [5, 5.41) is 5.13. The van der Waals surface area contributed by atoms with Crippen LogP contribution in [0, 0.1) is 0 Å². The van der Waals surface area contributed by atoms with Crippen molar-refractivity contribution in [2.45, 2.75) is 31.2 Å². The first kappa shape index (κ1) is 18.0. The number of benzene rings is 1. The van der Waals surface area contributed by atoms with Crippen LogP contribution >= 0.6 is 11.8 Å². The summed E-state index contributed by atoms with van der Waals surface area (Å²) >= 11 is 1.72. The summed E-state index contributed by atoms with van der Waals surface area (Å²) in [5.74, 6) is 1.83. The van der Waals surface area contributed by atoms with Crippen molar-refractivity contribution < 1.29 is 13.2 Å². The Morgan fingerprint density at radius 3 is 2.67 bits per heavy atom. The molecule has 21 heavy (non-hydrogen) atoms. The van der Waals surface area contributed by atoms with Gasteiger partial charge in [0.2, 0.25) is 15.9 Å². The quantitative estimate of drug-likeness (QED) is 0.775. The molecule has 0 saturated heterocycles. The van der Waals surface area contributed by atoms with E-state index in [4.69, 9.17) is 5.14 Å².